The number of morpholine rings is 1. The Bertz CT molecular complexity index is 575. The number of aromatic amines is 1. The van der Waals surface area contributed by atoms with Crippen molar-refractivity contribution >= 4 is 17.7 Å². The molecular weight excluding hydrogens is 294 g/mol. The number of aromatic carboxylic acids is 1. The van der Waals surface area contributed by atoms with Crippen LogP contribution in [0.3, 0.4) is 0 Å². The molecule has 2 heterocycles. The summed E-state index contributed by atoms with van der Waals surface area (Å²) < 4.78 is 5.67. The van der Waals surface area contributed by atoms with E-state index in [2.05, 4.69) is 21.8 Å². The maximum absolute atomic E-state index is 11.4. The van der Waals surface area contributed by atoms with Crippen LogP contribution < -0.4 is 5.69 Å². The van der Waals surface area contributed by atoms with Gasteiger partial charge in [-0.3, -0.25) is 4.90 Å². The standard InChI is InChI=1S/C13H19N3O4S/c1-3-16-4-5-20-9(6-16)7-21-11-10(12(17)18)8(2)14-13(19)15-11/h9H,3-7H2,1-2H3,(H,17,18)(H,14,15,19). The van der Waals surface area contributed by atoms with Crippen molar-refractivity contribution in [1.29, 1.82) is 0 Å². The van der Waals surface area contributed by atoms with Crippen LogP contribution in [0.2, 0.25) is 0 Å². The molecule has 0 radical (unpaired) electrons. The monoisotopic (exact) mass is 313 g/mol. The smallest absolute Gasteiger partial charge is 0.346 e. The van der Waals surface area contributed by atoms with E-state index in [1.54, 1.807) is 6.92 Å². The van der Waals surface area contributed by atoms with Crippen molar-refractivity contribution in [2.75, 3.05) is 32.0 Å². The molecule has 2 rings (SSSR count). The van der Waals surface area contributed by atoms with Crippen LogP contribution in [0.15, 0.2) is 9.82 Å². The fourth-order valence-corrected chi connectivity index (χ4v) is 3.33. The lowest BCUT2D eigenvalue weighted by Crippen LogP contribution is -2.43. The Hall–Kier alpha value is -1.38. The highest BCUT2D eigenvalue weighted by molar-refractivity contribution is 7.99. The molecule has 8 heteroatoms. The number of carboxylic acids is 1. The van der Waals surface area contributed by atoms with Crippen molar-refractivity contribution in [2.45, 2.75) is 25.0 Å². The molecule has 1 aliphatic rings. The second-order valence-electron chi connectivity index (χ2n) is 4.85. The fourth-order valence-electron chi connectivity index (χ4n) is 2.26. The van der Waals surface area contributed by atoms with Crippen LogP contribution in [-0.2, 0) is 4.74 Å². The van der Waals surface area contributed by atoms with Gasteiger partial charge in [0, 0.05) is 24.5 Å². The number of carboxylic acid groups (broad SMARTS) is 1. The molecule has 1 unspecified atom stereocenters. The van der Waals surface area contributed by atoms with E-state index in [9.17, 15) is 14.7 Å². The third kappa shape index (κ3) is 4.05. The van der Waals surface area contributed by atoms with Crippen LogP contribution in [-0.4, -0.2) is 64.0 Å². The first-order valence-corrected chi connectivity index (χ1v) is 7.80. The van der Waals surface area contributed by atoms with Gasteiger partial charge in [0.15, 0.2) is 0 Å². The molecule has 0 aromatic carbocycles. The number of ether oxygens (including phenoxy) is 1. The Morgan fingerprint density at radius 3 is 3.05 bits per heavy atom. The zero-order chi connectivity index (χ0) is 15.4. The van der Waals surface area contributed by atoms with Crippen LogP contribution in [0.1, 0.15) is 23.0 Å². The maximum atomic E-state index is 11.4. The van der Waals surface area contributed by atoms with E-state index in [-0.39, 0.29) is 16.7 Å². The number of H-pyrrole nitrogens is 1. The first-order valence-electron chi connectivity index (χ1n) is 6.82. The number of hydrogen-bond acceptors (Lipinski definition) is 6. The lowest BCUT2D eigenvalue weighted by Gasteiger charge is -2.31. The Labute approximate surface area is 126 Å². The van der Waals surface area contributed by atoms with Gasteiger partial charge in [-0.1, -0.05) is 6.92 Å². The summed E-state index contributed by atoms with van der Waals surface area (Å²) in [5.41, 5.74) is -0.146. The maximum Gasteiger partial charge on any atom is 0.346 e. The molecule has 0 aliphatic carbocycles. The summed E-state index contributed by atoms with van der Waals surface area (Å²) in [4.78, 5) is 31.2. The highest BCUT2D eigenvalue weighted by Crippen LogP contribution is 2.23. The van der Waals surface area contributed by atoms with Gasteiger partial charge in [0.05, 0.1) is 12.7 Å². The van der Waals surface area contributed by atoms with Crippen molar-refractivity contribution in [3.8, 4) is 0 Å². The molecule has 1 fully saturated rings. The van der Waals surface area contributed by atoms with E-state index in [4.69, 9.17) is 4.74 Å². The number of carbonyl (C=O) groups is 1. The van der Waals surface area contributed by atoms with Crippen LogP contribution in [0.25, 0.3) is 0 Å². The summed E-state index contributed by atoms with van der Waals surface area (Å²) in [7, 11) is 0. The van der Waals surface area contributed by atoms with Gasteiger partial charge in [0.25, 0.3) is 0 Å². The minimum atomic E-state index is -1.08. The normalized spacial score (nSPS) is 19.6. The second-order valence-corrected chi connectivity index (χ2v) is 5.86. The Morgan fingerprint density at radius 2 is 2.38 bits per heavy atom. The summed E-state index contributed by atoms with van der Waals surface area (Å²) >= 11 is 1.26. The number of rotatable bonds is 5. The third-order valence-electron chi connectivity index (χ3n) is 3.38. The molecule has 0 spiro atoms. The quantitative estimate of drug-likeness (QED) is 0.606. The summed E-state index contributed by atoms with van der Waals surface area (Å²) in [6, 6.07) is 0. The van der Waals surface area contributed by atoms with Gasteiger partial charge >= 0.3 is 11.7 Å². The number of likely N-dealkylation sites (N-methyl/N-ethyl adjacent to an activating group) is 1. The van der Waals surface area contributed by atoms with E-state index >= 15 is 0 Å². The Kier molecular flexibility index (Phi) is 5.38. The predicted molar refractivity (Wildman–Crippen MR) is 79.1 cm³/mol. The molecule has 21 heavy (non-hydrogen) atoms. The molecule has 0 bridgehead atoms. The molecule has 1 aromatic rings. The molecule has 2 N–H and O–H groups in total. The highest BCUT2D eigenvalue weighted by Gasteiger charge is 2.22. The minimum absolute atomic E-state index is 0.0201. The van der Waals surface area contributed by atoms with Gasteiger partial charge in [0.1, 0.15) is 10.6 Å². The molecule has 1 saturated heterocycles. The number of nitrogens with zero attached hydrogens (tertiary/aromatic N) is 2. The van der Waals surface area contributed by atoms with Gasteiger partial charge in [-0.2, -0.15) is 4.98 Å². The van der Waals surface area contributed by atoms with Crippen LogP contribution in [0.4, 0.5) is 0 Å². The molecule has 0 saturated carbocycles. The lowest BCUT2D eigenvalue weighted by molar-refractivity contribution is -0.0137. The number of aryl methyl sites for hydroxylation is 1. The average Bonchev–Trinajstić information content (AvgIpc) is 2.44. The highest BCUT2D eigenvalue weighted by atomic mass is 32.2. The van der Waals surface area contributed by atoms with Gasteiger partial charge in [0.2, 0.25) is 0 Å². The zero-order valence-corrected chi connectivity index (χ0v) is 12.9. The average molecular weight is 313 g/mol. The van der Waals surface area contributed by atoms with Crippen molar-refractivity contribution in [2.24, 2.45) is 0 Å². The second kappa shape index (κ2) is 7.06. The molecule has 1 atom stereocenters. The van der Waals surface area contributed by atoms with E-state index in [0.29, 0.717) is 18.1 Å². The van der Waals surface area contributed by atoms with Crippen LogP contribution in [0.5, 0.6) is 0 Å². The van der Waals surface area contributed by atoms with Crippen molar-refractivity contribution in [3.05, 3.63) is 21.7 Å². The molecule has 0 amide bonds. The van der Waals surface area contributed by atoms with Gasteiger partial charge < -0.3 is 14.8 Å². The van der Waals surface area contributed by atoms with Crippen molar-refractivity contribution in [3.63, 3.8) is 0 Å². The fraction of sp³-hybridized carbons (Fsp3) is 0.615. The van der Waals surface area contributed by atoms with Crippen molar-refractivity contribution < 1.29 is 14.6 Å². The number of nitrogens with one attached hydrogen (secondary N) is 1. The summed E-state index contributed by atoms with van der Waals surface area (Å²) in [5.74, 6) is -0.509. The molecule has 116 valence electrons. The minimum Gasteiger partial charge on any atom is -0.478 e. The van der Waals surface area contributed by atoms with E-state index in [1.165, 1.54) is 11.8 Å². The van der Waals surface area contributed by atoms with Gasteiger partial charge in [-0.05, 0) is 13.5 Å². The molecule has 7 nitrogen and oxygen atoms in total. The Morgan fingerprint density at radius 1 is 1.62 bits per heavy atom. The molecule has 1 aliphatic heterocycles. The van der Waals surface area contributed by atoms with Gasteiger partial charge in [-0.15, -0.1) is 11.8 Å². The predicted octanol–water partition coefficient (Wildman–Crippen LogP) is 0.589. The summed E-state index contributed by atoms with van der Waals surface area (Å²) in [6.45, 7) is 7.03. The first kappa shape index (κ1) is 16.0. The number of aromatic nitrogens is 2. The largest absolute Gasteiger partial charge is 0.478 e. The third-order valence-corrected chi connectivity index (χ3v) is 4.48. The van der Waals surface area contributed by atoms with E-state index < -0.39 is 11.7 Å². The lowest BCUT2D eigenvalue weighted by atomic mass is 10.2. The van der Waals surface area contributed by atoms with E-state index in [0.717, 1.165) is 19.6 Å². The number of hydrogen-bond donors (Lipinski definition) is 2. The van der Waals surface area contributed by atoms with Crippen LogP contribution in [0, 0.1) is 6.92 Å². The van der Waals surface area contributed by atoms with Crippen LogP contribution >= 0.6 is 11.8 Å². The van der Waals surface area contributed by atoms with E-state index in [1.807, 2.05) is 0 Å². The summed E-state index contributed by atoms with van der Waals surface area (Å²) in [6.07, 6.45) is 0.0201. The number of thioether (sulfide) groups is 1. The SMILES string of the molecule is CCN1CCOC(CSc2nc(=O)[nH]c(C)c2C(=O)O)C1. The molecular formula is C13H19N3O4S. The zero-order valence-electron chi connectivity index (χ0n) is 12.1. The first-order chi connectivity index (χ1) is 10.0. The molecule has 1 aromatic heterocycles. The Balaban J connectivity index is 2.09. The van der Waals surface area contributed by atoms with Crippen molar-refractivity contribution in [1.82, 2.24) is 14.9 Å². The topological polar surface area (TPSA) is 95.5 Å². The van der Waals surface area contributed by atoms with Gasteiger partial charge in [-0.25, -0.2) is 9.59 Å². The summed E-state index contributed by atoms with van der Waals surface area (Å²) in [5, 5.41) is 9.49.